The third-order valence-corrected chi connectivity index (χ3v) is 3.71. The first-order valence-electron chi connectivity index (χ1n) is 6.66. The molecule has 1 aliphatic rings. The van der Waals surface area contributed by atoms with E-state index in [0.717, 1.165) is 0 Å². The summed E-state index contributed by atoms with van der Waals surface area (Å²) in [4.78, 5) is 22.6. The zero-order valence-electron chi connectivity index (χ0n) is 12.3. The summed E-state index contributed by atoms with van der Waals surface area (Å²) in [7, 11) is 0. The molecule has 1 fully saturated rings. The third-order valence-electron chi connectivity index (χ3n) is 3.71. The smallest absolute Gasteiger partial charge is 0.332 e. The Kier molecular flexibility index (Phi) is 5.30. The molecule has 0 radical (unpaired) electrons. The maximum atomic E-state index is 11.5. The van der Waals surface area contributed by atoms with Crippen LogP contribution < -0.4 is 0 Å². The van der Waals surface area contributed by atoms with E-state index in [4.69, 9.17) is 14.6 Å². The predicted molar refractivity (Wildman–Crippen MR) is 71.2 cm³/mol. The summed E-state index contributed by atoms with van der Waals surface area (Å²) in [6, 6.07) is 0. The summed E-state index contributed by atoms with van der Waals surface area (Å²) in [5.41, 5.74) is -1.22. The number of carboxylic acids is 2. The molecule has 20 heavy (non-hydrogen) atoms. The fourth-order valence-electron chi connectivity index (χ4n) is 2.38. The van der Waals surface area contributed by atoms with Crippen molar-refractivity contribution in [3.05, 3.63) is 11.1 Å². The van der Waals surface area contributed by atoms with Crippen molar-refractivity contribution in [2.75, 3.05) is 13.2 Å². The van der Waals surface area contributed by atoms with Gasteiger partial charge in [0.1, 0.15) is 0 Å². The number of carbonyl (C=O) groups is 2. The van der Waals surface area contributed by atoms with E-state index in [1.165, 1.54) is 6.92 Å². The summed E-state index contributed by atoms with van der Waals surface area (Å²) in [5, 5.41) is 18.5. The molecule has 0 amide bonds. The Morgan fingerprint density at radius 3 is 2.00 bits per heavy atom. The SMILES string of the molecule is CCC1(C(C(=O)O)=C(C)C(=O)O)COC(C(C)C)OC1. The van der Waals surface area contributed by atoms with Gasteiger partial charge in [-0.15, -0.1) is 0 Å². The Labute approximate surface area is 118 Å². The second kappa shape index (κ2) is 6.37. The minimum absolute atomic E-state index is 0.130. The molecule has 2 N–H and O–H groups in total. The minimum Gasteiger partial charge on any atom is -0.478 e. The van der Waals surface area contributed by atoms with E-state index >= 15 is 0 Å². The molecule has 0 atom stereocenters. The lowest BCUT2D eigenvalue weighted by atomic mass is 9.76. The maximum absolute atomic E-state index is 11.5. The molecule has 0 spiro atoms. The molecular formula is C14H22O6. The zero-order chi connectivity index (χ0) is 15.5. The molecule has 1 heterocycles. The Hall–Kier alpha value is -1.40. The highest BCUT2D eigenvalue weighted by Crippen LogP contribution is 2.39. The first-order valence-corrected chi connectivity index (χ1v) is 6.66. The number of hydrogen-bond donors (Lipinski definition) is 2. The average Bonchev–Trinajstić information content (AvgIpc) is 2.38. The van der Waals surface area contributed by atoms with Crippen LogP contribution in [0.2, 0.25) is 0 Å². The van der Waals surface area contributed by atoms with Gasteiger partial charge < -0.3 is 19.7 Å². The Bertz CT molecular complexity index is 415. The van der Waals surface area contributed by atoms with Gasteiger partial charge >= 0.3 is 11.9 Å². The third kappa shape index (κ3) is 3.19. The highest BCUT2D eigenvalue weighted by molar-refractivity contribution is 5.99. The van der Waals surface area contributed by atoms with Crippen LogP contribution in [-0.4, -0.2) is 41.7 Å². The fourth-order valence-corrected chi connectivity index (χ4v) is 2.38. The molecule has 0 aliphatic carbocycles. The van der Waals surface area contributed by atoms with Gasteiger partial charge in [-0.25, -0.2) is 9.59 Å². The van der Waals surface area contributed by atoms with E-state index in [2.05, 4.69) is 0 Å². The summed E-state index contributed by atoms with van der Waals surface area (Å²) < 4.78 is 11.2. The predicted octanol–water partition coefficient (Wildman–Crippen LogP) is 1.90. The molecule has 1 rings (SSSR count). The van der Waals surface area contributed by atoms with E-state index in [-0.39, 0.29) is 36.6 Å². The monoisotopic (exact) mass is 286 g/mol. The fraction of sp³-hybridized carbons (Fsp3) is 0.714. The van der Waals surface area contributed by atoms with Crippen LogP contribution in [0.15, 0.2) is 11.1 Å². The Morgan fingerprint density at radius 2 is 1.70 bits per heavy atom. The van der Waals surface area contributed by atoms with Crippen molar-refractivity contribution in [2.24, 2.45) is 11.3 Å². The molecule has 6 heteroatoms. The summed E-state index contributed by atoms with van der Waals surface area (Å²) in [6.07, 6.45) is 0.0548. The topological polar surface area (TPSA) is 93.1 Å². The van der Waals surface area contributed by atoms with E-state index in [1.54, 1.807) is 6.92 Å². The van der Waals surface area contributed by atoms with Gasteiger partial charge in [-0.3, -0.25) is 0 Å². The zero-order valence-corrected chi connectivity index (χ0v) is 12.3. The van der Waals surface area contributed by atoms with Gasteiger partial charge in [0, 0.05) is 16.9 Å². The molecule has 0 aromatic heterocycles. The average molecular weight is 286 g/mol. The van der Waals surface area contributed by atoms with Gasteiger partial charge in [0.15, 0.2) is 6.29 Å². The standard InChI is InChI=1S/C14H22O6/c1-5-14(6-19-13(8(2)3)20-7-14)10(12(17)18)9(4)11(15)16/h8,13H,5-7H2,1-4H3,(H,15,16)(H,17,18). The van der Waals surface area contributed by atoms with Gasteiger partial charge in [-0.1, -0.05) is 20.8 Å². The number of aliphatic carboxylic acids is 2. The largest absolute Gasteiger partial charge is 0.478 e. The first kappa shape index (κ1) is 16.7. The molecule has 6 nitrogen and oxygen atoms in total. The molecule has 0 aromatic rings. The van der Waals surface area contributed by atoms with E-state index in [9.17, 15) is 14.7 Å². The van der Waals surface area contributed by atoms with Crippen LogP contribution >= 0.6 is 0 Å². The van der Waals surface area contributed by atoms with Gasteiger partial charge in [-0.05, 0) is 13.3 Å². The van der Waals surface area contributed by atoms with Crippen LogP contribution in [0.4, 0.5) is 0 Å². The Morgan fingerprint density at radius 1 is 1.20 bits per heavy atom. The van der Waals surface area contributed by atoms with Crippen molar-refractivity contribution in [3.8, 4) is 0 Å². The van der Waals surface area contributed by atoms with E-state index in [0.29, 0.717) is 6.42 Å². The van der Waals surface area contributed by atoms with Crippen molar-refractivity contribution in [1.29, 1.82) is 0 Å². The van der Waals surface area contributed by atoms with Crippen LogP contribution in [0.3, 0.4) is 0 Å². The molecule has 1 aliphatic heterocycles. The normalized spacial score (nSPS) is 28.1. The number of carboxylic acid groups (broad SMARTS) is 2. The molecule has 1 saturated heterocycles. The van der Waals surface area contributed by atoms with Gasteiger partial charge in [0.25, 0.3) is 0 Å². The van der Waals surface area contributed by atoms with Crippen molar-refractivity contribution in [2.45, 2.75) is 40.4 Å². The van der Waals surface area contributed by atoms with Crippen LogP contribution in [-0.2, 0) is 19.1 Å². The lowest BCUT2D eigenvalue weighted by Crippen LogP contribution is -2.46. The van der Waals surface area contributed by atoms with Crippen LogP contribution in [0.25, 0.3) is 0 Å². The van der Waals surface area contributed by atoms with Crippen molar-refractivity contribution >= 4 is 11.9 Å². The molecule has 114 valence electrons. The lowest BCUT2D eigenvalue weighted by Gasteiger charge is -2.41. The van der Waals surface area contributed by atoms with Gasteiger partial charge in [0.2, 0.25) is 0 Å². The molecule has 0 unspecified atom stereocenters. The van der Waals surface area contributed by atoms with Crippen molar-refractivity contribution < 1.29 is 29.3 Å². The maximum Gasteiger partial charge on any atom is 0.332 e. The number of hydrogen-bond acceptors (Lipinski definition) is 4. The van der Waals surface area contributed by atoms with E-state index < -0.39 is 17.4 Å². The highest BCUT2D eigenvalue weighted by Gasteiger charge is 2.44. The molecule has 0 bridgehead atoms. The second-order valence-corrected chi connectivity index (χ2v) is 5.48. The Balaban J connectivity index is 3.14. The van der Waals surface area contributed by atoms with Crippen LogP contribution in [0.1, 0.15) is 34.1 Å². The quantitative estimate of drug-likeness (QED) is 0.750. The first-order chi connectivity index (χ1) is 9.25. The van der Waals surface area contributed by atoms with Crippen molar-refractivity contribution in [3.63, 3.8) is 0 Å². The highest BCUT2D eigenvalue weighted by atomic mass is 16.7. The number of rotatable bonds is 5. The molecule has 0 aromatic carbocycles. The summed E-state index contributed by atoms with van der Waals surface area (Å²) >= 11 is 0. The van der Waals surface area contributed by atoms with E-state index in [1.807, 2.05) is 13.8 Å². The number of ether oxygens (including phenoxy) is 2. The lowest BCUT2D eigenvalue weighted by molar-refractivity contribution is -0.239. The van der Waals surface area contributed by atoms with Gasteiger partial charge in [-0.2, -0.15) is 0 Å². The van der Waals surface area contributed by atoms with Crippen molar-refractivity contribution in [1.82, 2.24) is 0 Å². The molecular weight excluding hydrogens is 264 g/mol. The van der Waals surface area contributed by atoms with Gasteiger partial charge in [0.05, 0.1) is 18.8 Å². The molecule has 0 saturated carbocycles. The summed E-state index contributed by atoms with van der Waals surface area (Å²) in [5.74, 6) is -2.31. The minimum atomic E-state index is -1.23. The van der Waals surface area contributed by atoms with Crippen LogP contribution in [0, 0.1) is 11.3 Å². The van der Waals surface area contributed by atoms with Crippen LogP contribution in [0.5, 0.6) is 0 Å². The second-order valence-electron chi connectivity index (χ2n) is 5.48. The summed E-state index contributed by atoms with van der Waals surface area (Å²) in [6.45, 7) is 7.30.